The van der Waals surface area contributed by atoms with Crippen LogP contribution in [0.3, 0.4) is 0 Å². The summed E-state index contributed by atoms with van der Waals surface area (Å²) < 4.78 is 0.996. The first-order valence-electron chi connectivity index (χ1n) is 7.38. The normalized spacial score (nSPS) is 15.3. The molecule has 1 fully saturated rings. The van der Waals surface area contributed by atoms with Gasteiger partial charge in [-0.1, -0.05) is 12.1 Å². The van der Waals surface area contributed by atoms with E-state index >= 15 is 0 Å². The molecule has 0 radical (unpaired) electrons. The van der Waals surface area contributed by atoms with Crippen LogP contribution in [0, 0.1) is 11.3 Å². The molecule has 5 heteroatoms. The largest absolute Gasteiger partial charge is 0.369 e. The third-order valence-corrected chi connectivity index (χ3v) is 4.37. The van der Waals surface area contributed by atoms with Crippen LogP contribution in [0.2, 0.25) is 0 Å². The van der Waals surface area contributed by atoms with Crippen molar-refractivity contribution in [3.63, 3.8) is 0 Å². The number of benzene rings is 1. The molecule has 1 aliphatic rings. The van der Waals surface area contributed by atoms with Crippen molar-refractivity contribution in [3.8, 4) is 6.07 Å². The lowest BCUT2D eigenvalue weighted by atomic mass is 10.1. The summed E-state index contributed by atoms with van der Waals surface area (Å²) in [6.07, 6.45) is 2.89. The van der Waals surface area contributed by atoms with Gasteiger partial charge in [-0.15, -0.1) is 0 Å². The second-order valence-electron chi connectivity index (χ2n) is 5.29. The second kappa shape index (κ2) is 6.80. The summed E-state index contributed by atoms with van der Waals surface area (Å²) in [7, 11) is 0. The molecule has 1 aromatic heterocycles. The number of pyridine rings is 1. The van der Waals surface area contributed by atoms with Crippen molar-refractivity contribution >= 4 is 27.4 Å². The van der Waals surface area contributed by atoms with E-state index in [4.69, 9.17) is 0 Å². The van der Waals surface area contributed by atoms with E-state index in [1.807, 2.05) is 42.6 Å². The number of rotatable bonds is 2. The zero-order valence-electron chi connectivity index (χ0n) is 12.2. The fourth-order valence-corrected chi connectivity index (χ4v) is 3.02. The highest BCUT2D eigenvalue weighted by Crippen LogP contribution is 2.23. The third kappa shape index (κ3) is 3.23. The molecule has 2 aromatic rings. The van der Waals surface area contributed by atoms with Crippen molar-refractivity contribution in [3.05, 3.63) is 52.6 Å². The maximum absolute atomic E-state index is 9.27. The molecule has 3 rings (SSSR count). The Labute approximate surface area is 139 Å². The Morgan fingerprint density at radius 2 is 1.77 bits per heavy atom. The SMILES string of the molecule is N#Cc1ccccc1N1CCCN(c2ccc(Br)cn2)CC1. The molecule has 22 heavy (non-hydrogen) atoms. The number of anilines is 2. The van der Waals surface area contributed by atoms with Gasteiger partial charge in [0.2, 0.25) is 0 Å². The summed E-state index contributed by atoms with van der Waals surface area (Å²) >= 11 is 3.42. The first-order valence-corrected chi connectivity index (χ1v) is 8.18. The molecule has 0 unspecified atom stereocenters. The standard InChI is InChI=1S/C17H17BrN4/c18-15-6-7-17(20-13-15)22-9-3-8-21(10-11-22)16-5-2-1-4-14(16)12-19/h1-2,4-7,13H,3,8-11H2. The predicted octanol–water partition coefficient (Wildman–Crippen LogP) is 3.43. The fraction of sp³-hybridized carbons (Fsp3) is 0.294. The molecule has 0 N–H and O–H groups in total. The number of nitrogens with zero attached hydrogens (tertiary/aromatic N) is 4. The lowest BCUT2D eigenvalue weighted by molar-refractivity contribution is 0.797. The van der Waals surface area contributed by atoms with Gasteiger partial charge in [0.15, 0.2) is 0 Å². The Morgan fingerprint density at radius 3 is 2.55 bits per heavy atom. The van der Waals surface area contributed by atoms with Gasteiger partial charge in [-0.05, 0) is 46.6 Å². The summed E-state index contributed by atoms with van der Waals surface area (Å²) in [5.74, 6) is 1.01. The van der Waals surface area contributed by atoms with Crippen LogP contribution >= 0.6 is 15.9 Å². The highest BCUT2D eigenvalue weighted by atomic mass is 79.9. The molecule has 0 saturated carbocycles. The van der Waals surface area contributed by atoms with E-state index in [9.17, 15) is 5.26 Å². The summed E-state index contributed by atoms with van der Waals surface area (Å²) in [6, 6.07) is 14.2. The second-order valence-corrected chi connectivity index (χ2v) is 6.21. The van der Waals surface area contributed by atoms with E-state index in [1.54, 1.807) is 0 Å². The zero-order valence-corrected chi connectivity index (χ0v) is 13.8. The molecule has 4 nitrogen and oxygen atoms in total. The Kier molecular flexibility index (Phi) is 4.59. The van der Waals surface area contributed by atoms with Crippen LogP contribution in [-0.4, -0.2) is 31.2 Å². The van der Waals surface area contributed by atoms with Crippen molar-refractivity contribution in [2.24, 2.45) is 0 Å². The summed E-state index contributed by atoms with van der Waals surface area (Å²) in [5.41, 5.74) is 1.79. The molecule has 0 amide bonds. The molecule has 2 heterocycles. The highest BCUT2D eigenvalue weighted by molar-refractivity contribution is 9.10. The smallest absolute Gasteiger partial charge is 0.128 e. The lowest BCUT2D eigenvalue weighted by Crippen LogP contribution is -2.31. The predicted molar refractivity (Wildman–Crippen MR) is 92.1 cm³/mol. The average Bonchev–Trinajstić information content (AvgIpc) is 2.81. The molecule has 112 valence electrons. The Bertz CT molecular complexity index is 678. The summed E-state index contributed by atoms with van der Waals surface area (Å²) in [4.78, 5) is 9.09. The van der Waals surface area contributed by atoms with Gasteiger partial charge in [0.1, 0.15) is 11.9 Å². The van der Waals surface area contributed by atoms with E-state index in [1.165, 1.54) is 0 Å². The quantitative estimate of drug-likeness (QED) is 0.826. The number of para-hydroxylation sites is 1. The van der Waals surface area contributed by atoms with Crippen molar-refractivity contribution in [2.45, 2.75) is 6.42 Å². The number of halogens is 1. The minimum absolute atomic E-state index is 0.748. The van der Waals surface area contributed by atoms with Crippen molar-refractivity contribution in [1.82, 2.24) is 4.98 Å². The molecule has 1 aromatic carbocycles. The lowest BCUT2D eigenvalue weighted by Gasteiger charge is -2.24. The van der Waals surface area contributed by atoms with E-state index in [2.05, 4.69) is 36.8 Å². The average molecular weight is 357 g/mol. The van der Waals surface area contributed by atoms with Gasteiger partial charge < -0.3 is 9.80 Å². The number of hydrogen-bond donors (Lipinski definition) is 0. The molecular formula is C17H17BrN4. The number of nitriles is 1. The molecule has 1 aliphatic heterocycles. The molecule has 0 aliphatic carbocycles. The maximum Gasteiger partial charge on any atom is 0.128 e. The first kappa shape index (κ1) is 14.9. The van der Waals surface area contributed by atoms with Crippen LogP contribution in [-0.2, 0) is 0 Å². The topological polar surface area (TPSA) is 43.2 Å². The van der Waals surface area contributed by atoms with E-state index in [0.717, 1.165) is 54.1 Å². The summed E-state index contributed by atoms with van der Waals surface area (Å²) in [5, 5.41) is 9.27. The third-order valence-electron chi connectivity index (χ3n) is 3.90. The zero-order chi connectivity index (χ0) is 15.4. The fourth-order valence-electron chi connectivity index (χ4n) is 2.79. The van der Waals surface area contributed by atoms with Gasteiger partial charge in [0.05, 0.1) is 11.3 Å². The highest BCUT2D eigenvalue weighted by Gasteiger charge is 2.18. The van der Waals surface area contributed by atoms with Gasteiger partial charge in [-0.25, -0.2) is 4.98 Å². The summed E-state index contributed by atoms with van der Waals surface area (Å²) in [6.45, 7) is 3.76. The van der Waals surface area contributed by atoms with Crippen molar-refractivity contribution in [1.29, 1.82) is 5.26 Å². The van der Waals surface area contributed by atoms with Gasteiger partial charge in [0.25, 0.3) is 0 Å². The molecule has 1 saturated heterocycles. The van der Waals surface area contributed by atoms with Gasteiger partial charge in [-0.3, -0.25) is 0 Å². The van der Waals surface area contributed by atoms with E-state index in [0.29, 0.717) is 0 Å². The van der Waals surface area contributed by atoms with Crippen molar-refractivity contribution in [2.75, 3.05) is 36.0 Å². The Morgan fingerprint density at radius 1 is 1.00 bits per heavy atom. The Balaban J connectivity index is 1.75. The van der Waals surface area contributed by atoms with Gasteiger partial charge in [-0.2, -0.15) is 5.26 Å². The van der Waals surface area contributed by atoms with Crippen LogP contribution in [0.1, 0.15) is 12.0 Å². The molecule has 0 spiro atoms. The molecule has 0 bridgehead atoms. The van der Waals surface area contributed by atoms with Crippen LogP contribution in [0.15, 0.2) is 47.1 Å². The Hall–Kier alpha value is -2.06. The minimum Gasteiger partial charge on any atom is -0.369 e. The maximum atomic E-state index is 9.27. The van der Waals surface area contributed by atoms with Crippen LogP contribution in [0.5, 0.6) is 0 Å². The number of hydrogen-bond acceptors (Lipinski definition) is 4. The van der Waals surface area contributed by atoms with Crippen LogP contribution < -0.4 is 9.80 Å². The minimum atomic E-state index is 0.748. The molecule has 0 atom stereocenters. The van der Waals surface area contributed by atoms with Gasteiger partial charge >= 0.3 is 0 Å². The van der Waals surface area contributed by atoms with Crippen LogP contribution in [0.25, 0.3) is 0 Å². The number of aromatic nitrogens is 1. The van der Waals surface area contributed by atoms with E-state index in [-0.39, 0.29) is 0 Å². The molecular weight excluding hydrogens is 340 g/mol. The monoisotopic (exact) mass is 356 g/mol. The van der Waals surface area contributed by atoms with Crippen LogP contribution in [0.4, 0.5) is 11.5 Å². The van der Waals surface area contributed by atoms with Gasteiger partial charge in [0, 0.05) is 36.8 Å². The van der Waals surface area contributed by atoms with Crippen molar-refractivity contribution < 1.29 is 0 Å². The first-order chi connectivity index (χ1) is 10.8. The van der Waals surface area contributed by atoms with E-state index < -0.39 is 0 Å².